The van der Waals surface area contributed by atoms with Crippen LogP contribution in [0.25, 0.3) is 0 Å². The first-order chi connectivity index (χ1) is 11.0. The largest absolute Gasteiger partial charge is 0.450 e. The van der Waals surface area contributed by atoms with Crippen molar-refractivity contribution in [2.45, 2.75) is 19.9 Å². The summed E-state index contributed by atoms with van der Waals surface area (Å²) in [5, 5.41) is 14.3. The predicted octanol–water partition coefficient (Wildman–Crippen LogP) is 0.482. The second-order valence-electron chi connectivity index (χ2n) is 5.01. The van der Waals surface area contributed by atoms with E-state index >= 15 is 0 Å². The molecule has 10 nitrogen and oxygen atoms in total. The highest BCUT2D eigenvalue weighted by Gasteiger charge is 2.24. The number of rotatable bonds is 5. The Morgan fingerprint density at radius 3 is 2.52 bits per heavy atom. The van der Waals surface area contributed by atoms with Gasteiger partial charge in [-0.1, -0.05) is 0 Å². The number of carbonyl (C=O) groups is 2. The number of carbonyl (C=O) groups excluding carboxylic acids is 2. The van der Waals surface area contributed by atoms with Crippen molar-refractivity contribution in [3.63, 3.8) is 0 Å². The second-order valence-corrected chi connectivity index (χ2v) is 5.01. The van der Waals surface area contributed by atoms with Gasteiger partial charge in [-0.2, -0.15) is 4.68 Å². The summed E-state index contributed by atoms with van der Waals surface area (Å²) in [6, 6.07) is 1.29. The molecule has 2 heterocycles. The standard InChI is InChI=1S/C13H19N5O5/c1-2-23-13(20)16-9-7-15(8-10-16)12(19)4-6-17-5-3-11(14-17)18(21)22/h3,5H,2,4,6-10H2,1H3. The van der Waals surface area contributed by atoms with Gasteiger partial charge in [0.05, 0.1) is 30.5 Å². The highest BCUT2D eigenvalue weighted by atomic mass is 16.6. The molecule has 0 N–H and O–H groups in total. The van der Waals surface area contributed by atoms with Crippen LogP contribution in [0.4, 0.5) is 10.6 Å². The van der Waals surface area contributed by atoms with Gasteiger partial charge in [0.1, 0.15) is 0 Å². The lowest BCUT2D eigenvalue weighted by Gasteiger charge is -2.34. The van der Waals surface area contributed by atoms with Crippen molar-refractivity contribution in [1.82, 2.24) is 19.6 Å². The van der Waals surface area contributed by atoms with Crippen LogP contribution < -0.4 is 0 Å². The lowest BCUT2D eigenvalue weighted by Crippen LogP contribution is -2.50. The Balaban J connectivity index is 1.76. The number of aromatic nitrogens is 2. The van der Waals surface area contributed by atoms with Crippen LogP contribution in [-0.4, -0.2) is 69.3 Å². The number of aryl methyl sites for hydroxylation is 1. The highest BCUT2D eigenvalue weighted by molar-refractivity contribution is 5.76. The van der Waals surface area contributed by atoms with Crippen molar-refractivity contribution < 1.29 is 19.2 Å². The van der Waals surface area contributed by atoms with Crippen LogP contribution >= 0.6 is 0 Å². The zero-order chi connectivity index (χ0) is 16.8. The van der Waals surface area contributed by atoms with E-state index in [-0.39, 0.29) is 30.8 Å². The number of ether oxygens (including phenoxy) is 1. The molecule has 1 saturated heterocycles. The van der Waals surface area contributed by atoms with Crippen LogP contribution in [0.5, 0.6) is 0 Å². The van der Waals surface area contributed by atoms with Gasteiger partial charge in [-0.15, -0.1) is 0 Å². The second kappa shape index (κ2) is 7.56. The monoisotopic (exact) mass is 325 g/mol. The summed E-state index contributed by atoms with van der Waals surface area (Å²) in [5.74, 6) is -0.299. The first kappa shape index (κ1) is 16.7. The van der Waals surface area contributed by atoms with Crippen LogP contribution in [0.3, 0.4) is 0 Å². The molecule has 0 aliphatic carbocycles. The van der Waals surface area contributed by atoms with Crippen LogP contribution in [0.1, 0.15) is 13.3 Å². The lowest BCUT2D eigenvalue weighted by molar-refractivity contribution is -0.389. The highest BCUT2D eigenvalue weighted by Crippen LogP contribution is 2.08. The van der Waals surface area contributed by atoms with E-state index in [1.807, 2.05) is 0 Å². The number of amides is 2. The Morgan fingerprint density at radius 1 is 1.30 bits per heavy atom. The predicted molar refractivity (Wildman–Crippen MR) is 78.7 cm³/mol. The van der Waals surface area contributed by atoms with Crippen LogP contribution in [-0.2, 0) is 16.1 Å². The smallest absolute Gasteiger partial charge is 0.409 e. The average Bonchev–Trinajstić information content (AvgIpc) is 3.02. The summed E-state index contributed by atoms with van der Waals surface area (Å²) in [6.07, 6.45) is 1.32. The van der Waals surface area contributed by atoms with Gasteiger partial charge >= 0.3 is 11.9 Å². The maximum absolute atomic E-state index is 12.1. The molecule has 1 fully saturated rings. The van der Waals surface area contributed by atoms with E-state index in [0.29, 0.717) is 32.8 Å². The molecule has 126 valence electrons. The SMILES string of the molecule is CCOC(=O)N1CCN(C(=O)CCn2ccc([N+](=O)[O-])n2)CC1. The zero-order valence-electron chi connectivity index (χ0n) is 12.9. The molecule has 2 amide bonds. The van der Waals surface area contributed by atoms with E-state index in [1.165, 1.54) is 16.9 Å². The van der Waals surface area contributed by atoms with Crippen molar-refractivity contribution in [2.75, 3.05) is 32.8 Å². The fourth-order valence-corrected chi connectivity index (χ4v) is 2.29. The van der Waals surface area contributed by atoms with E-state index in [4.69, 9.17) is 4.74 Å². The van der Waals surface area contributed by atoms with Gasteiger partial charge in [0.15, 0.2) is 0 Å². The Bertz CT molecular complexity index is 579. The number of hydrogen-bond acceptors (Lipinski definition) is 6. The van der Waals surface area contributed by atoms with Gasteiger partial charge in [-0.25, -0.2) is 4.79 Å². The van der Waals surface area contributed by atoms with Crippen molar-refractivity contribution in [1.29, 1.82) is 0 Å². The number of nitrogens with zero attached hydrogens (tertiary/aromatic N) is 5. The molecule has 1 aromatic heterocycles. The summed E-state index contributed by atoms with van der Waals surface area (Å²) in [6.45, 7) is 4.15. The lowest BCUT2D eigenvalue weighted by atomic mass is 10.3. The summed E-state index contributed by atoms with van der Waals surface area (Å²) in [5.41, 5.74) is 0. The zero-order valence-corrected chi connectivity index (χ0v) is 12.9. The third kappa shape index (κ3) is 4.41. The molecule has 0 bridgehead atoms. The molecule has 1 aromatic rings. The summed E-state index contributed by atoms with van der Waals surface area (Å²) in [7, 11) is 0. The Kier molecular flexibility index (Phi) is 5.50. The van der Waals surface area contributed by atoms with Crippen molar-refractivity contribution in [3.05, 3.63) is 22.4 Å². The number of piperazine rings is 1. The maximum atomic E-state index is 12.1. The third-order valence-electron chi connectivity index (χ3n) is 3.53. The summed E-state index contributed by atoms with van der Waals surface area (Å²) >= 11 is 0. The Hall–Kier alpha value is -2.65. The first-order valence-electron chi connectivity index (χ1n) is 7.38. The molecule has 1 aliphatic rings. The molecule has 2 rings (SSSR count). The number of hydrogen-bond donors (Lipinski definition) is 0. The molecular weight excluding hydrogens is 306 g/mol. The van der Waals surface area contributed by atoms with E-state index in [9.17, 15) is 19.7 Å². The Labute approximate surface area is 132 Å². The molecular formula is C13H19N5O5. The topological polar surface area (TPSA) is 111 Å². The molecule has 0 radical (unpaired) electrons. The molecule has 1 aliphatic heterocycles. The van der Waals surface area contributed by atoms with Crippen molar-refractivity contribution >= 4 is 17.8 Å². The first-order valence-corrected chi connectivity index (χ1v) is 7.38. The molecule has 10 heteroatoms. The summed E-state index contributed by atoms with van der Waals surface area (Å²) in [4.78, 5) is 36.9. The average molecular weight is 325 g/mol. The number of nitro groups is 1. The summed E-state index contributed by atoms with van der Waals surface area (Å²) < 4.78 is 6.30. The van der Waals surface area contributed by atoms with E-state index in [0.717, 1.165) is 0 Å². The van der Waals surface area contributed by atoms with Gasteiger partial charge < -0.3 is 24.7 Å². The quantitative estimate of drug-likeness (QED) is 0.575. The third-order valence-corrected chi connectivity index (χ3v) is 3.53. The van der Waals surface area contributed by atoms with Gasteiger partial charge in [-0.3, -0.25) is 4.79 Å². The van der Waals surface area contributed by atoms with Gasteiger partial charge in [-0.05, 0) is 11.8 Å². The molecule has 0 saturated carbocycles. The molecule has 0 atom stereocenters. The van der Waals surface area contributed by atoms with Gasteiger partial charge in [0.2, 0.25) is 5.91 Å². The van der Waals surface area contributed by atoms with Crippen molar-refractivity contribution in [2.24, 2.45) is 0 Å². The molecule has 0 unspecified atom stereocenters. The van der Waals surface area contributed by atoms with Crippen molar-refractivity contribution in [3.8, 4) is 0 Å². The Morgan fingerprint density at radius 2 is 1.96 bits per heavy atom. The minimum Gasteiger partial charge on any atom is -0.450 e. The van der Waals surface area contributed by atoms with E-state index < -0.39 is 4.92 Å². The molecule has 23 heavy (non-hydrogen) atoms. The van der Waals surface area contributed by atoms with Crippen LogP contribution in [0.2, 0.25) is 0 Å². The fourth-order valence-electron chi connectivity index (χ4n) is 2.29. The van der Waals surface area contributed by atoms with Crippen LogP contribution in [0.15, 0.2) is 12.3 Å². The van der Waals surface area contributed by atoms with E-state index in [1.54, 1.807) is 16.7 Å². The van der Waals surface area contributed by atoms with Crippen LogP contribution in [0, 0.1) is 10.1 Å². The minimum absolute atomic E-state index is 0.0633. The van der Waals surface area contributed by atoms with E-state index in [2.05, 4.69) is 5.10 Å². The van der Waals surface area contributed by atoms with Gasteiger partial charge in [0.25, 0.3) is 0 Å². The maximum Gasteiger partial charge on any atom is 0.409 e. The molecule has 0 spiro atoms. The van der Waals surface area contributed by atoms with Gasteiger partial charge in [0, 0.05) is 32.6 Å². The normalized spacial score (nSPS) is 14.7. The minimum atomic E-state index is -0.576. The fraction of sp³-hybridized carbons (Fsp3) is 0.615. The molecule has 0 aromatic carbocycles.